The Morgan fingerprint density at radius 1 is 1.12 bits per heavy atom. The van der Waals surface area contributed by atoms with Gasteiger partial charge in [0, 0.05) is 12.2 Å². The number of thiazole rings is 1. The molecular formula is C20H24N4O6S2. The van der Waals surface area contributed by atoms with Gasteiger partial charge in [-0.2, -0.15) is 0 Å². The summed E-state index contributed by atoms with van der Waals surface area (Å²) >= 11 is 0.882. The lowest BCUT2D eigenvalue weighted by Gasteiger charge is -2.15. The molecule has 0 saturated heterocycles. The standard InChI is InChI=1S/C20H24N4O6S2/c1-32(29,30)24-15-10-13(4-7-16(15)25)17(26)11-21-9-8-12-2-5-14(6-3-12)22-19-18(27)23-20(28)31-19/h2-7,10,17,21-22,24-27H,8-9,11H2,1H3,(H,23,28)/t17-/m1/s1. The van der Waals surface area contributed by atoms with Crippen LogP contribution >= 0.6 is 11.3 Å². The summed E-state index contributed by atoms with van der Waals surface area (Å²) in [6, 6.07) is 11.7. The highest BCUT2D eigenvalue weighted by molar-refractivity contribution is 7.92. The van der Waals surface area contributed by atoms with E-state index in [4.69, 9.17) is 0 Å². The quantitative estimate of drug-likeness (QED) is 0.171. The lowest BCUT2D eigenvalue weighted by atomic mass is 10.1. The number of hydrogen-bond donors (Lipinski definition) is 7. The van der Waals surface area contributed by atoms with E-state index in [1.807, 2.05) is 24.3 Å². The van der Waals surface area contributed by atoms with E-state index in [1.54, 1.807) is 0 Å². The van der Waals surface area contributed by atoms with Crippen LogP contribution in [0.2, 0.25) is 0 Å². The van der Waals surface area contributed by atoms with Crippen LogP contribution in [0.15, 0.2) is 47.3 Å². The van der Waals surface area contributed by atoms with E-state index in [0.29, 0.717) is 23.5 Å². The molecule has 7 N–H and O–H groups in total. The van der Waals surface area contributed by atoms with E-state index in [0.717, 1.165) is 28.8 Å². The molecule has 0 aliphatic rings. The van der Waals surface area contributed by atoms with Gasteiger partial charge in [-0.15, -0.1) is 0 Å². The van der Waals surface area contributed by atoms with Crippen molar-refractivity contribution in [3.05, 3.63) is 63.3 Å². The van der Waals surface area contributed by atoms with Gasteiger partial charge in [0.25, 0.3) is 0 Å². The second-order valence-corrected chi connectivity index (χ2v) is 9.87. The SMILES string of the molecule is CS(=O)(=O)Nc1cc([C@H](O)CNCCc2ccc(Nc3sc(=O)[nH]c3O)cc2)ccc1O. The number of aromatic hydroxyl groups is 2. The Kier molecular flexibility index (Phi) is 7.40. The van der Waals surface area contributed by atoms with Crippen molar-refractivity contribution in [2.24, 2.45) is 0 Å². The zero-order valence-corrected chi connectivity index (χ0v) is 18.8. The van der Waals surface area contributed by atoms with Gasteiger partial charge in [-0.25, -0.2) is 8.42 Å². The summed E-state index contributed by atoms with van der Waals surface area (Å²) < 4.78 is 25.0. The lowest BCUT2D eigenvalue weighted by Crippen LogP contribution is -2.23. The molecule has 12 heteroatoms. The van der Waals surface area contributed by atoms with Crippen molar-refractivity contribution in [3.8, 4) is 11.6 Å². The van der Waals surface area contributed by atoms with Crippen molar-refractivity contribution in [2.75, 3.05) is 29.4 Å². The number of H-pyrrole nitrogens is 1. The number of aliphatic hydroxyl groups excluding tert-OH is 1. The third-order valence-electron chi connectivity index (χ3n) is 4.47. The molecule has 0 saturated carbocycles. The normalized spacial score (nSPS) is 12.4. The first-order valence-electron chi connectivity index (χ1n) is 9.58. The predicted octanol–water partition coefficient (Wildman–Crippen LogP) is 1.83. The Morgan fingerprint density at radius 2 is 1.84 bits per heavy atom. The molecule has 1 atom stereocenters. The number of phenolic OH excluding ortho intramolecular Hbond substituents is 1. The fourth-order valence-corrected chi connectivity index (χ4v) is 4.13. The Labute approximate surface area is 188 Å². The maximum atomic E-state index is 11.4. The van der Waals surface area contributed by atoms with E-state index < -0.39 is 16.1 Å². The molecular weight excluding hydrogens is 456 g/mol. The molecule has 1 aromatic heterocycles. The van der Waals surface area contributed by atoms with Crippen molar-refractivity contribution in [3.63, 3.8) is 0 Å². The first kappa shape index (κ1) is 23.6. The van der Waals surface area contributed by atoms with Gasteiger partial charge < -0.3 is 26.0 Å². The number of aromatic nitrogens is 1. The Morgan fingerprint density at radius 3 is 2.47 bits per heavy atom. The molecule has 3 rings (SSSR count). The zero-order valence-electron chi connectivity index (χ0n) is 17.1. The van der Waals surface area contributed by atoms with Crippen LogP contribution in [0.3, 0.4) is 0 Å². The third-order valence-corrected chi connectivity index (χ3v) is 5.85. The highest BCUT2D eigenvalue weighted by atomic mass is 32.2. The number of hydrogen-bond acceptors (Lipinski definition) is 9. The van der Waals surface area contributed by atoms with Gasteiger partial charge in [0.05, 0.1) is 18.0 Å². The molecule has 0 aliphatic carbocycles. The smallest absolute Gasteiger partial charge is 0.309 e. The van der Waals surface area contributed by atoms with Gasteiger partial charge in [0.15, 0.2) is 5.00 Å². The van der Waals surface area contributed by atoms with Crippen molar-refractivity contribution in [1.82, 2.24) is 10.3 Å². The summed E-state index contributed by atoms with van der Waals surface area (Å²) in [6.45, 7) is 0.838. The third kappa shape index (κ3) is 6.72. The van der Waals surface area contributed by atoms with E-state index in [-0.39, 0.29) is 28.7 Å². The molecule has 0 aliphatic heterocycles. The minimum absolute atomic E-state index is 0.0120. The van der Waals surface area contributed by atoms with Crippen molar-refractivity contribution in [1.29, 1.82) is 0 Å². The fraction of sp³-hybridized carbons (Fsp3) is 0.250. The van der Waals surface area contributed by atoms with Crippen LogP contribution in [0, 0.1) is 0 Å². The van der Waals surface area contributed by atoms with Crippen LogP contribution in [-0.2, 0) is 16.4 Å². The van der Waals surface area contributed by atoms with Crippen molar-refractivity contribution in [2.45, 2.75) is 12.5 Å². The first-order chi connectivity index (χ1) is 15.1. The van der Waals surface area contributed by atoms with Gasteiger partial charge in [0.1, 0.15) is 5.75 Å². The Balaban J connectivity index is 1.48. The van der Waals surface area contributed by atoms with Gasteiger partial charge in [0.2, 0.25) is 15.9 Å². The van der Waals surface area contributed by atoms with E-state index in [1.165, 1.54) is 18.2 Å². The lowest BCUT2D eigenvalue weighted by molar-refractivity contribution is 0.175. The average molecular weight is 481 g/mol. The molecule has 0 radical (unpaired) electrons. The van der Waals surface area contributed by atoms with Crippen LogP contribution in [0.25, 0.3) is 0 Å². The fourth-order valence-electron chi connectivity index (χ4n) is 2.92. The minimum atomic E-state index is -3.55. The number of sulfonamides is 1. The van der Waals surface area contributed by atoms with Crippen molar-refractivity contribution >= 4 is 37.7 Å². The molecule has 0 amide bonds. The van der Waals surface area contributed by atoms with Gasteiger partial charge in [-0.1, -0.05) is 29.5 Å². The van der Waals surface area contributed by atoms with E-state index >= 15 is 0 Å². The molecule has 32 heavy (non-hydrogen) atoms. The predicted molar refractivity (Wildman–Crippen MR) is 124 cm³/mol. The summed E-state index contributed by atoms with van der Waals surface area (Å²) in [5, 5.41) is 36.2. The number of aliphatic hydroxyl groups is 1. The molecule has 0 fully saturated rings. The maximum Gasteiger partial charge on any atom is 0.309 e. The van der Waals surface area contributed by atoms with E-state index in [2.05, 4.69) is 20.3 Å². The summed E-state index contributed by atoms with van der Waals surface area (Å²) in [7, 11) is -3.55. The van der Waals surface area contributed by atoms with Crippen molar-refractivity contribution < 1.29 is 23.7 Å². The first-order valence-corrected chi connectivity index (χ1v) is 12.3. The molecule has 1 heterocycles. The number of rotatable bonds is 10. The number of nitrogens with one attached hydrogen (secondary N) is 4. The van der Waals surface area contributed by atoms with Crippen LogP contribution in [-0.4, -0.2) is 48.1 Å². The van der Waals surface area contributed by atoms with Crippen LogP contribution in [0.5, 0.6) is 11.6 Å². The van der Waals surface area contributed by atoms with E-state index in [9.17, 15) is 28.5 Å². The average Bonchev–Trinajstić information content (AvgIpc) is 3.03. The molecule has 0 spiro atoms. The van der Waals surface area contributed by atoms with Crippen LogP contribution in [0.4, 0.5) is 16.4 Å². The number of aromatic amines is 1. The largest absolute Gasteiger partial charge is 0.506 e. The Bertz CT molecular complexity index is 1220. The number of phenols is 1. The monoisotopic (exact) mass is 480 g/mol. The Hall–Kier alpha value is -3.06. The van der Waals surface area contributed by atoms with Gasteiger partial charge >= 0.3 is 4.87 Å². The zero-order chi connectivity index (χ0) is 23.3. The second kappa shape index (κ2) is 10.0. The summed E-state index contributed by atoms with van der Waals surface area (Å²) in [5.74, 6) is -0.419. The molecule has 3 aromatic rings. The van der Waals surface area contributed by atoms with Crippen LogP contribution in [0.1, 0.15) is 17.2 Å². The molecule has 0 unspecified atom stereocenters. The minimum Gasteiger partial charge on any atom is -0.506 e. The molecule has 10 nitrogen and oxygen atoms in total. The highest BCUT2D eigenvalue weighted by Gasteiger charge is 2.13. The second-order valence-electron chi connectivity index (χ2n) is 7.13. The topological polar surface area (TPSA) is 164 Å². The summed E-state index contributed by atoms with van der Waals surface area (Å²) in [5.41, 5.74) is 2.26. The highest BCUT2D eigenvalue weighted by Crippen LogP contribution is 2.28. The van der Waals surface area contributed by atoms with Crippen LogP contribution < -0.4 is 20.2 Å². The van der Waals surface area contributed by atoms with Gasteiger partial charge in [-0.05, 0) is 48.4 Å². The molecule has 0 bridgehead atoms. The van der Waals surface area contributed by atoms with Gasteiger partial charge in [-0.3, -0.25) is 14.5 Å². The molecule has 172 valence electrons. The maximum absolute atomic E-state index is 11.4. The summed E-state index contributed by atoms with van der Waals surface area (Å²) in [6.07, 6.45) is 0.794. The molecule has 2 aromatic carbocycles. The summed E-state index contributed by atoms with van der Waals surface area (Å²) in [4.78, 5) is 13.2. The number of benzene rings is 2. The number of anilines is 3.